The first kappa shape index (κ1) is 25.9. The maximum absolute atomic E-state index is 5.31. The average Bonchev–Trinajstić information content (AvgIpc) is 3.59. The highest BCUT2D eigenvalue weighted by atomic mass is 32.1. The first-order chi connectivity index (χ1) is 22.5. The Morgan fingerprint density at radius 3 is 1.85 bits per heavy atom. The summed E-state index contributed by atoms with van der Waals surface area (Å²) in [5.41, 5.74) is 7.94. The normalized spacial score (nSPS) is 13.6. The van der Waals surface area contributed by atoms with Gasteiger partial charge in [0.2, 0.25) is 0 Å². The van der Waals surface area contributed by atoms with E-state index in [1.165, 1.54) is 74.7 Å². The largest absolute Gasteiger partial charge is 0.236 e. The minimum atomic E-state index is -0.257. The summed E-state index contributed by atoms with van der Waals surface area (Å²) in [4.78, 5) is 10.3. The van der Waals surface area contributed by atoms with Gasteiger partial charge in [-0.15, -0.1) is 11.3 Å². The molecule has 9 aromatic rings. The van der Waals surface area contributed by atoms with Gasteiger partial charge >= 0.3 is 0 Å². The Bertz CT molecular complexity index is 2730. The van der Waals surface area contributed by atoms with Crippen LogP contribution < -0.4 is 0 Å². The van der Waals surface area contributed by atoms with Crippen LogP contribution >= 0.6 is 11.3 Å². The van der Waals surface area contributed by atoms with Crippen LogP contribution in [0, 0.1) is 0 Å². The molecular weight excluding hydrogens is 577 g/mol. The Labute approximate surface area is 270 Å². The molecular formula is C43H28N2S. The van der Waals surface area contributed by atoms with E-state index in [0.717, 1.165) is 22.6 Å². The van der Waals surface area contributed by atoms with Gasteiger partial charge in [0.1, 0.15) is 0 Å². The molecule has 7 aromatic carbocycles. The lowest BCUT2D eigenvalue weighted by Gasteiger charge is -2.21. The van der Waals surface area contributed by atoms with Crippen LogP contribution in [0.3, 0.4) is 0 Å². The monoisotopic (exact) mass is 604 g/mol. The van der Waals surface area contributed by atoms with E-state index < -0.39 is 0 Å². The zero-order chi connectivity index (χ0) is 30.6. The van der Waals surface area contributed by atoms with Gasteiger partial charge in [-0.05, 0) is 84.9 Å². The number of hydrogen-bond donors (Lipinski definition) is 0. The molecule has 0 bridgehead atoms. The average molecular weight is 605 g/mol. The molecule has 10 rings (SSSR count). The van der Waals surface area contributed by atoms with Crippen molar-refractivity contribution in [2.75, 3.05) is 0 Å². The Balaban J connectivity index is 1.11. The van der Waals surface area contributed by atoms with Gasteiger partial charge in [-0.25, -0.2) is 9.97 Å². The minimum absolute atomic E-state index is 0.257. The number of rotatable bonds is 2. The predicted octanol–water partition coefficient (Wildman–Crippen LogP) is 11.9. The second-order valence-electron chi connectivity index (χ2n) is 13.0. The van der Waals surface area contributed by atoms with Gasteiger partial charge < -0.3 is 0 Å². The number of hydrogen-bond acceptors (Lipinski definition) is 3. The fourth-order valence-corrected chi connectivity index (χ4v) is 8.90. The lowest BCUT2D eigenvalue weighted by molar-refractivity contribution is 0.636. The van der Waals surface area contributed by atoms with Crippen LogP contribution in [0.25, 0.3) is 86.1 Å². The highest BCUT2D eigenvalue weighted by Crippen LogP contribution is 2.51. The Kier molecular flexibility index (Phi) is 5.25. The van der Waals surface area contributed by atoms with Crippen molar-refractivity contribution in [1.29, 1.82) is 0 Å². The van der Waals surface area contributed by atoms with Gasteiger partial charge in [0.25, 0.3) is 0 Å². The minimum Gasteiger partial charge on any atom is -0.236 e. The molecule has 216 valence electrons. The molecule has 0 unspecified atom stereocenters. The van der Waals surface area contributed by atoms with Crippen LogP contribution in [-0.2, 0) is 5.41 Å². The lowest BCUT2D eigenvalue weighted by Crippen LogP contribution is -2.17. The fourth-order valence-electron chi connectivity index (χ4n) is 7.76. The van der Waals surface area contributed by atoms with Crippen molar-refractivity contribution >= 4 is 63.8 Å². The van der Waals surface area contributed by atoms with Crippen molar-refractivity contribution in [1.82, 2.24) is 9.97 Å². The summed E-state index contributed by atoms with van der Waals surface area (Å²) in [6.45, 7) is 4.61. The summed E-state index contributed by atoms with van der Waals surface area (Å²) in [6, 6.07) is 46.5. The Hall–Kier alpha value is -5.38. The Morgan fingerprint density at radius 1 is 0.478 bits per heavy atom. The van der Waals surface area contributed by atoms with Gasteiger partial charge in [0.05, 0.1) is 5.69 Å². The third kappa shape index (κ3) is 3.58. The first-order valence-corrected chi connectivity index (χ1v) is 16.6. The van der Waals surface area contributed by atoms with E-state index >= 15 is 0 Å². The molecule has 46 heavy (non-hydrogen) atoms. The maximum Gasteiger partial charge on any atom is 0.159 e. The van der Waals surface area contributed by atoms with E-state index in [0.29, 0.717) is 0 Å². The molecule has 0 amide bonds. The summed E-state index contributed by atoms with van der Waals surface area (Å²) in [5.74, 6) is 0.768. The third-order valence-corrected chi connectivity index (χ3v) is 11.2. The van der Waals surface area contributed by atoms with Crippen molar-refractivity contribution in [2.45, 2.75) is 19.3 Å². The number of nitrogens with zero attached hydrogens (tertiary/aromatic N) is 2. The summed E-state index contributed by atoms with van der Waals surface area (Å²) in [5, 5.41) is 10.4. The van der Waals surface area contributed by atoms with Crippen LogP contribution in [0.15, 0.2) is 134 Å². The Morgan fingerprint density at radius 2 is 1.09 bits per heavy atom. The second-order valence-corrected chi connectivity index (χ2v) is 14.1. The molecule has 0 radical (unpaired) electrons. The molecule has 0 aliphatic heterocycles. The summed E-state index contributed by atoms with van der Waals surface area (Å²) < 4.78 is 2.64. The molecule has 0 fully saturated rings. The van der Waals surface area contributed by atoms with Crippen LogP contribution in [0.2, 0.25) is 0 Å². The molecule has 3 heteroatoms. The molecule has 0 spiro atoms. The van der Waals surface area contributed by atoms with Gasteiger partial charge in [-0.1, -0.05) is 111 Å². The zero-order valence-corrected chi connectivity index (χ0v) is 26.3. The molecule has 2 nitrogen and oxygen atoms in total. The van der Waals surface area contributed by atoms with E-state index in [9.17, 15) is 0 Å². The van der Waals surface area contributed by atoms with E-state index in [1.807, 2.05) is 11.3 Å². The molecule has 0 atom stereocenters. The van der Waals surface area contributed by atoms with Crippen LogP contribution in [-0.4, -0.2) is 9.97 Å². The van der Waals surface area contributed by atoms with Crippen LogP contribution in [0.5, 0.6) is 0 Å². The maximum atomic E-state index is 5.31. The molecule has 1 aliphatic carbocycles. The molecule has 2 heterocycles. The van der Waals surface area contributed by atoms with Gasteiger partial charge in [0, 0.05) is 42.9 Å². The summed E-state index contributed by atoms with van der Waals surface area (Å²) >= 11 is 1.86. The lowest BCUT2D eigenvalue weighted by atomic mass is 9.83. The number of thiophene rings is 1. The number of aromatic nitrogens is 2. The molecule has 0 saturated heterocycles. The summed E-state index contributed by atoms with van der Waals surface area (Å²) in [6.07, 6.45) is 2.05. The van der Waals surface area contributed by atoms with Gasteiger partial charge in [0.15, 0.2) is 5.82 Å². The van der Waals surface area contributed by atoms with E-state index in [2.05, 4.69) is 147 Å². The third-order valence-electron chi connectivity index (χ3n) is 10.1. The first-order valence-electron chi connectivity index (χ1n) is 15.8. The molecule has 0 N–H and O–H groups in total. The van der Waals surface area contributed by atoms with Crippen molar-refractivity contribution in [3.05, 3.63) is 145 Å². The number of benzene rings is 7. The van der Waals surface area contributed by atoms with Gasteiger partial charge in [-0.2, -0.15) is 0 Å². The smallest absolute Gasteiger partial charge is 0.159 e. The quantitative estimate of drug-likeness (QED) is 0.183. The predicted molar refractivity (Wildman–Crippen MR) is 196 cm³/mol. The molecule has 0 saturated carbocycles. The van der Waals surface area contributed by atoms with Crippen molar-refractivity contribution in [2.24, 2.45) is 0 Å². The highest BCUT2D eigenvalue weighted by Gasteiger charge is 2.38. The van der Waals surface area contributed by atoms with Crippen molar-refractivity contribution in [3.63, 3.8) is 0 Å². The second kappa shape index (κ2) is 9.32. The van der Waals surface area contributed by atoms with Gasteiger partial charge in [-0.3, -0.25) is 0 Å². The zero-order valence-electron chi connectivity index (χ0n) is 25.5. The highest BCUT2D eigenvalue weighted by molar-refractivity contribution is 7.25. The number of fused-ring (bicyclic) bond motifs is 12. The SMILES string of the molecule is CC1(C)c2cc3c4ccccc4c4ccccc4c3cc2-c2cnc(-c3cccc(-c4ccc5c(c4)sc4ccccc45)c3)nc21. The molecule has 1 aliphatic rings. The van der Waals surface area contributed by atoms with E-state index in [-0.39, 0.29) is 5.41 Å². The van der Waals surface area contributed by atoms with Crippen molar-refractivity contribution in [3.8, 4) is 33.6 Å². The van der Waals surface area contributed by atoms with Crippen LogP contribution in [0.4, 0.5) is 0 Å². The fraction of sp³-hybridized carbons (Fsp3) is 0.0698. The molecule has 2 aromatic heterocycles. The van der Waals surface area contributed by atoms with Crippen LogP contribution in [0.1, 0.15) is 25.1 Å². The summed E-state index contributed by atoms with van der Waals surface area (Å²) in [7, 11) is 0. The van der Waals surface area contributed by atoms with E-state index in [4.69, 9.17) is 9.97 Å². The van der Waals surface area contributed by atoms with E-state index in [1.54, 1.807) is 0 Å². The standard InChI is InChI=1S/C43H28N2S/c1-43(2)38-23-35-31-15-6-4-13-29(31)28-12-3-5-14-30(28)34(35)22-36(38)37-24-44-42(45-41(37)43)27-11-9-10-25(20-27)26-18-19-33-32-16-7-8-17-39(32)46-40(33)21-26/h3-24H,1-2H3. The van der Waals surface area contributed by atoms with Crippen molar-refractivity contribution < 1.29 is 0 Å². The topological polar surface area (TPSA) is 25.8 Å².